The van der Waals surface area contributed by atoms with Crippen molar-refractivity contribution in [2.24, 2.45) is 0 Å². The number of carbonyl (C=O) groups excluding carboxylic acids is 1. The summed E-state index contributed by atoms with van der Waals surface area (Å²) in [5, 5.41) is 2.01. The maximum atomic E-state index is 12.4. The van der Waals surface area contributed by atoms with Crippen molar-refractivity contribution in [3.8, 4) is 11.5 Å². The quantitative estimate of drug-likeness (QED) is 0.714. The van der Waals surface area contributed by atoms with Gasteiger partial charge in [-0.2, -0.15) is 0 Å². The van der Waals surface area contributed by atoms with Crippen LogP contribution in [-0.2, 0) is 11.3 Å². The average molecular weight is 387 g/mol. The molecule has 2 heterocycles. The van der Waals surface area contributed by atoms with Crippen LogP contribution in [0.1, 0.15) is 16.0 Å². The summed E-state index contributed by atoms with van der Waals surface area (Å²) in [5.41, 5.74) is 2.41. The van der Waals surface area contributed by atoms with Crippen molar-refractivity contribution in [3.63, 3.8) is 0 Å². The van der Waals surface area contributed by atoms with Crippen molar-refractivity contribution in [1.29, 1.82) is 0 Å². The number of thiophene rings is 1. The summed E-state index contributed by atoms with van der Waals surface area (Å²) in [6.07, 6.45) is 3.58. The Kier molecular flexibility index (Phi) is 6.53. The summed E-state index contributed by atoms with van der Waals surface area (Å²) in [5.74, 6) is 1.60. The summed E-state index contributed by atoms with van der Waals surface area (Å²) in [7, 11) is 3.31. The monoisotopic (exact) mass is 386 g/mol. The van der Waals surface area contributed by atoms with Crippen molar-refractivity contribution in [2.75, 3.05) is 40.4 Å². The molecule has 1 aliphatic rings. The van der Waals surface area contributed by atoms with Crippen molar-refractivity contribution in [3.05, 3.63) is 51.7 Å². The zero-order valence-electron chi connectivity index (χ0n) is 16.1. The molecular weight excluding hydrogens is 360 g/mol. The molecule has 2 aromatic rings. The first kappa shape index (κ1) is 19.5. The number of ether oxygens (including phenoxy) is 2. The molecule has 0 spiro atoms. The van der Waals surface area contributed by atoms with Crippen LogP contribution in [0.3, 0.4) is 0 Å². The largest absolute Gasteiger partial charge is 0.493 e. The molecule has 5 nitrogen and oxygen atoms in total. The maximum absolute atomic E-state index is 12.4. The first-order chi connectivity index (χ1) is 13.1. The smallest absolute Gasteiger partial charge is 0.246 e. The van der Waals surface area contributed by atoms with Gasteiger partial charge in [0.1, 0.15) is 0 Å². The van der Waals surface area contributed by atoms with E-state index in [1.54, 1.807) is 31.6 Å². The second-order valence-electron chi connectivity index (χ2n) is 6.58. The van der Waals surface area contributed by atoms with Gasteiger partial charge in [-0.25, -0.2) is 0 Å². The van der Waals surface area contributed by atoms with Crippen molar-refractivity contribution >= 4 is 23.3 Å². The highest BCUT2D eigenvalue weighted by Crippen LogP contribution is 2.31. The Morgan fingerprint density at radius 1 is 1.15 bits per heavy atom. The fourth-order valence-corrected chi connectivity index (χ4v) is 3.82. The third kappa shape index (κ3) is 4.90. The summed E-state index contributed by atoms with van der Waals surface area (Å²) in [4.78, 5) is 17.8. The van der Waals surface area contributed by atoms with Crippen LogP contribution in [0, 0.1) is 6.92 Å². The van der Waals surface area contributed by atoms with E-state index in [0.717, 1.165) is 49.1 Å². The predicted molar refractivity (Wildman–Crippen MR) is 109 cm³/mol. The fourth-order valence-electron chi connectivity index (χ4n) is 3.21. The number of amides is 1. The SMILES string of the molecule is COc1cc(C)c(CN2CCN(C(=O)/C=C/c3cccs3)CC2)cc1OC. The van der Waals surface area contributed by atoms with E-state index in [4.69, 9.17) is 9.47 Å². The zero-order chi connectivity index (χ0) is 19.2. The van der Waals surface area contributed by atoms with Crippen LogP contribution in [0.2, 0.25) is 0 Å². The number of aryl methyl sites for hydroxylation is 1. The lowest BCUT2D eigenvalue weighted by molar-refractivity contribution is -0.127. The molecular formula is C21H26N2O3S. The highest BCUT2D eigenvalue weighted by atomic mass is 32.1. The minimum absolute atomic E-state index is 0.0883. The number of piperazine rings is 1. The molecule has 1 fully saturated rings. The standard InChI is InChI=1S/C21H26N2O3S/c1-16-13-19(25-2)20(26-3)14-17(16)15-22-8-10-23(11-9-22)21(24)7-6-18-5-4-12-27-18/h4-7,12-14H,8-11,15H2,1-3H3/b7-6+. The molecule has 27 heavy (non-hydrogen) atoms. The van der Waals surface area contributed by atoms with Gasteiger partial charge in [-0.15, -0.1) is 11.3 Å². The normalized spacial score (nSPS) is 15.3. The lowest BCUT2D eigenvalue weighted by atomic mass is 10.1. The van der Waals surface area contributed by atoms with Gasteiger partial charge in [0, 0.05) is 43.7 Å². The highest BCUT2D eigenvalue weighted by Gasteiger charge is 2.20. The highest BCUT2D eigenvalue weighted by molar-refractivity contribution is 7.10. The van der Waals surface area contributed by atoms with Gasteiger partial charge in [0.25, 0.3) is 0 Å². The zero-order valence-corrected chi connectivity index (χ0v) is 16.9. The lowest BCUT2D eigenvalue weighted by Gasteiger charge is -2.34. The molecule has 0 bridgehead atoms. The minimum Gasteiger partial charge on any atom is -0.493 e. The van der Waals surface area contributed by atoms with E-state index >= 15 is 0 Å². The van der Waals surface area contributed by atoms with Gasteiger partial charge in [-0.05, 0) is 47.7 Å². The predicted octanol–water partition coefficient (Wildman–Crippen LogP) is 3.43. The Morgan fingerprint density at radius 2 is 1.85 bits per heavy atom. The van der Waals surface area contributed by atoms with E-state index in [2.05, 4.69) is 17.9 Å². The summed E-state index contributed by atoms with van der Waals surface area (Å²) in [6.45, 7) is 6.17. The van der Waals surface area contributed by atoms with Gasteiger partial charge in [0.2, 0.25) is 5.91 Å². The summed E-state index contributed by atoms with van der Waals surface area (Å²) in [6, 6.07) is 8.07. The molecule has 1 aromatic carbocycles. The van der Waals surface area contributed by atoms with Crippen molar-refractivity contribution in [2.45, 2.75) is 13.5 Å². The Balaban J connectivity index is 1.56. The van der Waals surface area contributed by atoms with E-state index in [9.17, 15) is 4.79 Å². The number of hydrogen-bond acceptors (Lipinski definition) is 5. The summed E-state index contributed by atoms with van der Waals surface area (Å²) >= 11 is 1.64. The van der Waals surface area contributed by atoms with E-state index in [0.29, 0.717) is 0 Å². The lowest BCUT2D eigenvalue weighted by Crippen LogP contribution is -2.47. The average Bonchev–Trinajstić information content (AvgIpc) is 3.21. The van der Waals surface area contributed by atoms with Gasteiger partial charge in [-0.1, -0.05) is 6.07 Å². The Labute approximate surface area is 164 Å². The molecule has 1 aliphatic heterocycles. The number of benzene rings is 1. The molecule has 0 saturated carbocycles. The Bertz CT molecular complexity index is 794. The third-order valence-electron chi connectivity index (χ3n) is 4.85. The topological polar surface area (TPSA) is 42.0 Å². The molecule has 0 atom stereocenters. The number of rotatable bonds is 6. The Hall–Kier alpha value is -2.31. The molecule has 1 saturated heterocycles. The van der Waals surface area contributed by atoms with Crippen LogP contribution in [-0.4, -0.2) is 56.1 Å². The van der Waals surface area contributed by atoms with Crippen LogP contribution < -0.4 is 9.47 Å². The van der Waals surface area contributed by atoms with Crippen molar-refractivity contribution in [1.82, 2.24) is 9.80 Å². The van der Waals surface area contributed by atoms with Gasteiger partial charge >= 0.3 is 0 Å². The molecule has 0 radical (unpaired) electrons. The van der Waals surface area contributed by atoms with E-state index in [1.165, 1.54) is 11.1 Å². The van der Waals surface area contributed by atoms with Gasteiger partial charge < -0.3 is 14.4 Å². The number of carbonyl (C=O) groups is 1. The van der Waals surface area contributed by atoms with Crippen LogP contribution in [0.25, 0.3) is 6.08 Å². The van der Waals surface area contributed by atoms with E-state index in [-0.39, 0.29) is 5.91 Å². The fraction of sp³-hybridized carbons (Fsp3) is 0.381. The first-order valence-electron chi connectivity index (χ1n) is 9.05. The first-order valence-corrected chi connectivity index (χ1v) is 9.93. The molecule has 0 N–H and O–H groups in total. The minimum atomic E-state index is 0.0883. The third-order valence-corrected chi connectivity index (χ3v) is 5.69. The second kappa shape index (κ2) is 9.06. The molecule has 3 rings (SSSR count). The number of nitrogens with zero attached hydrogens (tertiary/aromatic N) is 2. The molecule has 144 valence electrons. The van der Waals surface area contributed by atoms with Crippen LogP contribution in [0.15, 0.2) is 35.7 Å². The maximum Gasteiger partial charge on any atom is 0.246 e. The number of methoxy groups -OCH3 is 2. The van der Waals surface area contributed by atoms with Gasteiger partial charge in [-0.3, -0.25) is 9.69 Å². The molecule has 6 heteroatoms. The van der Waals surface area contributed by atoms with Crippen LogP contribution in [0.5, 0.6) is 11.5 Å². The van der Waals surface area contributed by atoms with E-state index in [1.807, 2.05) is 34.6 Å². The van der Waals surface area contributed by atoms with Gasteiger partial charge in [0.05, 0.1) is 14.2 Å². The molecule has 0 unspecified atom stereocenters. The van der Waals surface area contributed by atoms with Crippen molar-refractivity contribution < 1.29 is 14.3 Å². The Morgan fingerprint density at radius 3 is 2.48 bits per heavy atom. The van der Waals surface area contributed by atoms with Gasteiger partial charge in [0.15, 0.2) is 11.5 Å². The molecule has 1 aromatic heterocycles. The van der Waals surface area contributed by atoms with E-state index < -0.39 is 0 Å². The number of hydrogen-bond donors (Lipinski definition) is 0. The van der Waals surface area contributed by atoms with Crippen LogP contribution >= 0.6 is 11.3 Å². The molecule has 1 amide bonds. The second-order valence-corrected chi connectivity index (χ2v) is 7.56. The van der Waals surface area contributed by atoms with Crippen LogP contribution in [0.4, 0.5) is 0 Å². The molecule has 0 aliphatic carbocycles. The summed E-state index contributed by atoms with van der Waals surface area (Å²) < 4.78 is 10.8.